The van der Waals surface area contributed by atoms with Gasteiger partial charge in [0.25, 0.3) is 0 Å². The Morgan fingerprint density at radius 1 is 1.32 bits per heavy atom. The molecule has 1 aromatic carbocycles. The summed E-state index contributed by atoms with van der Waals surface area (Å²) in [5, 5.41) is 5.56. The van der Waals surface area contributed by atoms with Gasteiger partial charge in [0.15, 0.2) is 0 Å². The summed E-state index contributed by atoms with van der Waals surface area (Å²) < 4.78 is 13.2. The van der Waals surface area contributed by atoms with Crippen LogP contribution in [-0.4, -0.2) is 29.9 Å². The number of carbonyl (C=O) groups is 2. The van der Waals surface area contributed by atoms with Gasteiger partial charge in [-0.25, -0.2) is 4.39 Å². The van der Waals surface area contributed by atoms with Gasteiger partial charge in [-0.3, -0.25) is 9.59 Å². The molecule has 0 saturated heterocycles. The molecule has 22 heavy (non-hydrogen) atoms. The smallest absolute Gasteiger partial charge is 0.243 e. The van der Waals surface area contributed by atoms with Crippen LogP contribution in [0.2, 0.25) is 0 Å². The Bertz CT molecular complexity index is 511. The highest BCUT2D eigenvalue weighted by Crippen LogP contribution is 2.14. The highest BCUT2D eigenvalue weighted by Gasteiger charge is 2.21. The fourth-order valence-electron chi connectivity index (χ4n) is 1.97. The Kier molecular flexibility index (Phi) is 7.95. The van der Waals surface area contributed by atoms with Crippen molar-refractivity contribution in [1.29, 1.82) is 0 Å². The number of benzene rings is 1. The summed E-state index contributed by atoms with van der Waals surface area (Å²) in [4.78, 5) is 23.9. The SMILES string of the molecule is CCC(=O)N[C@@H](CCSC)C(=O)N[C@@H](C)c1cccc(F)c1. The van der Waals surface area contributed by atoms with Crippen LogP contribution in [0.25, 0.3) is 0 Å². The third-order valence-electron chi connectivity index (χ3n) is 3.29. The van der Waals surface area contributed by atoms with Crippen molar-refractivity contribution >= 4 is 23.6 Å². The van der Waals surface area contributed by atoms with Crippen molar-refractivity contribution in [3.8, 4) is 0 Å². The van der Waals surface area contributed by atoms with Crippen LogP contribution in [0.5, 0.6) is 0 Å². The second-order valence-electron chi connectivity index (χ2n) is 5.04. The Morgan fingerprint density at radius 3 is 2.64 bits per heavy atom. The number of rotatable bonds is 8. The van der Waals surface area contributed by atoms with Crippen LogP contribution >= 0.6 is 11.8 Å². The average Bonchev–Trinajstić information content (AvgIpc) is 2.50. The van der Waals surface area contributed by atoms with E-state index in [4.69, 9.17) is 0 Å². The van der Waals surface area contributed by atoms with E-state index in [9.17, 15) is 14.0 Å². The predicted octanol–water partition coefficient (Wildman–Crippen LogP) is 2.65. The molecule has 0 aliphatic carbocycles. The van der Waals surface area contributed by atoms with E-state index in [0.717, 1.165) is 5.75 Å². The maximum atomic E-state index is 13.2. The molecule has 1 rings (SSSR count). The van der Waals surface area contributed by atoms with Crippen LogP contribution in [0.3, 0.4) is 0 Å². The monoisotopic (exact) mass is 326 g/mol. The molecule has 0 aliphatic heterocycles. The molecule has 0 spiro atoms. The standard InChI is InChI=1S/C16H23FN2O2S/c1-4-15(20)19-14(8-9-22-3)16(21)18-11(2)12-6-5-7-13(17)10-12/h5-7,10-11,14H,4,8-9H2,1-3H3,(H,18,21)(H,19,20)/t11-,14-/m0/s1. The van der Waals surface area contributed by atoms with E-state index >= 15 is 0 Å². The van der Waals surface area contributed by atoms with Crippen LogP contribution in [0.15, 0.2) is 24.3 Å². The molecule has 6 heteroatoms. The molecular weight excluding hydrogens is 303 g/mol. The number of hydrogen-bond acceptors (Lipinski definition) is 3. The third-order valence-corrected chi connectivity index (χ3v) is 3.93. The Hall–Kier alpha value is -1.56. The van der Waals surface area contributed by atoms with E-state index in [0.29, 0.717) is 18.4 Å². The zero-order valence-electron chi connectivity index (χ0n) is 13.2. The van der Waals surface area contributed by atoms with E-state index in [1.807, 2.05) is 6.26 Å². The van der Waals surface area contributed by atoms with Crippen LogP contribution in [0, 0.1) is 5.82 Å². The number of nitrogens with one attached hydrogen (secondary N) is 2. The quantitative estimate of drug-likeness (QED) is 0.772. The maximum absolute atomic E-state index is 13.2. The molecule has 122 valence electrons. The minimum atomic E-state index is -0.559. The van der Waals surface area contributed by atoms with Crippen molar-refractivity contribution in [2.45, 2.75) is 38.8 Å². The van der Waals surface area contributed by atoms with Gasteiger partial charge in [-0.2, -0.15) is 11.8 Å². The number of hydrogen-bond donors (Lipinski definition) is 2. The first-order valence-electron chi connectivity index (χ1n) is 7.32. The van der Waals surface area contributed by atoms with Crippen LogP contribution in [0.4, 0.5) is 4.39 Å². The second kappa shape index (κ2) is 9.46. The number of thioether (sulfide) groups is 1. The molecule has 0 heterocycles. The van der Waals surface area contributed by atoms with Gasteiger partial charge in [0.05, 0.1) is 6.04 Å². The van der Waals surface area contributed by atoms with Crippen molar-refractivity contribution in [2.24, 2.45) is 0 Å². The van der Waals surface area contributed by atoms with Crippen molar-refractivity contribution in [3.63, 3.8) is 0 Å². The van der Waals surface area contributed by atoms with Gasteiger partial charge in [0, 0.05) is 6.42 Å². The van der Waals surface area contributed by atoms with Crippen LogP contribution < -0.4 is 10.6 Å². The van der Waals surface area contributed by atoms with E-state index in [1.54, 1.807) is 37.7 Å². The molecular formula is C16H23FN2O2S. The van der Waals surface area contributed by atoms with E-state index < -0.39 is 6.04 Å². The first kappa shape index (κ1) is 18.5. The highest BCUT2D eigenvalue weighted by atomic mass is 32.2. The summed E-state index contributed by atoms with van der Waals surface area (Å²) in [5.74, 6) is 0.0419. The molecule has 0 aromatic heterocycles. The Morgan fingerprint density at radius 2 is 2.05 bits per heavy atom. The third kappa shape index (κ3) is 6.05. The second-order valence-corrected chi connectivity index (χ2v) is 6.03. The molecule has 0 radical (unpaired) electrons. The first-order chi connectivity index (χ1) is 10.5. The molecule has 1 aromatic rings. The molecule has 2 N–H and O–H groups in total. The van der Waals surface area contributed by atoms with Gasteiger partial charge in [0.2, 0.25) is 11.8 Å². The summed E-state index contributed by atoms with van der Waals surface area (Å²) in [6, 6.07) is 5.25. The maximum Gasteiger partial charge on any atom is 0.243 e. The van der Waals surface area contributed by atoms with E-state index in [1.165, 1.54) is 12.1 Å². The van der Waals surface area contributed by atoms with Gasteiger partial charge < -0.3 is 10.6 Å². The van der Waals surface area contributed by atoms with Gasteiger partial charge in [-0.1, -0.05) is 19.1 Å². The van der Waals surface area contributed by atoms with Crippen LogP contribution in [-0.2, 0) is 9.59 Å². The predicted molar refractivity (Wildman–Crippen MR) is 88.2 cm³/mol. The molecule has 0 fully saturated rings. The molecule has 0 aliphatic rings. The van der Waals surface area contributed by atoms with Gasteiger partial charge in [-0.15, -0.1) is 0 Å². The zero-order valence-corrected chi connectivity index (χ0v) is 14.0. The first-order valence-corrected chi connectivity index (χ1v) is 8.71. The average molecular weight is 326 g/mol. The topological polar surface area (TPSA) is 58.2 Å². The number of carbonyl (C=O) groups excluding carboxylic acids is 2. The zero-order chi connectivity index (χ0) is 16.5. The Balaban J connectivity index is 2.70. The lowest BCUT2D eigenvalue weighted by atomic mass is 10.1. The minimum absolute atomic E-state index is 0.153. The van der Waals surface area contributed by atoms with Crippen molar-refractivity contribution in [2.75, 3.05) is 12.0 Å². The van der Waals surface area contributed by atoms with Crippen molar-refractivity contribution in [1.82, 2.24) is 10.6 Å². The summed E-state index contributed by atoms with van der Waals surface area (Å²) in [5.41, 5.74) is 0.693. The minimum Gasteiger partial charge on any atom is -0.348 e. The van der Waals surface area contributed by atoms with Gasteiger partial charge >= 0.3 is 0 Å². The van der Waals surface area contributed by atoms with Crippen molar-refractivity contribution < 1.29 is 14.0 Å². The largest absolute Gasteiger partial charge is 0.348 e. The fourth-order valence-corrected chi connectivity index (χ4v) is 2.45. The van der Waals surface area contributed by atoms with Crippen molar-refractivity contribution in [3.05, 3.63) is 35.6 Å². The normalized spacial score (nSPS) is 13.3. The lowest BCUT2D eigenvalue weighted by molar-refractivity contribution is -0.129. The lowest BCUT2D eigenvalue weighted by Crippen LogP contribution is -2.47. The van der Waals surface area contributed by atoms with Gasteiger partial charge in [0.1, 0.15) is 11.9 Å². The molecule has 2 atom stereocenters. The van der Waals surface area contributed by atoms with Gasteiger partial charge in [-0.05, 0) is 43.0 Å². The summed E-state index contributed by atoms with van der Waals surface area (Å²) in [7, 11) is 0. The molecule has 0 unspecified atom stereocenters. The molecule has 0 bridgehead atoms. The summed E-state index contributed by atoms with van der Waals surface area (Å²) >= 11 is 1.62. The Labute approximate surface area is 135 Å². The summed E-state index contributed by atoms with van der Waals surface area (Å²) in [6.07, 6.45) is 2.85. The number of halogens is 1. The fraction of sp³-hybridized carbons (Fsp3) is 0.500. The summed E-state index contributed by atoms with van der Waals surface area (Å²) in [6.45, 7) is 3.54. The lowest BCUT2D eigenvalue weighted by Gasteiger charge is -2.21. The van der Waals surface area contributed by atoms with E-state index in [-0.39, 0.29) is 23.7 Å². The van der Waals surface area contributed by atoms with Crippen LogP contribution in [0.1, 0.15) is 38.3 Å². The molecule has 4 nitrogen and oxygen atoms in total. The highest BCUT2D eigenvalue weighted by molar-refractivity contribution is 7.98. The number of amides is 2. The van der Waals surface area contributed by atoms with E-state index in [2.05, 4.69) is 10.6 Å². The molecule has 2 amide bonds. The molecule has 0 saturated carbocycles.